The maximum Gasteiger partial charge on any atom is 0.261 e. The molecule has 7 nitrogen and oxygen atoms in total. The summed E-state index contributed by atoms with van der Waals surface area (Å²) in [5.41, 5.74) is 2.08. The molecule has 1 atom stereocenters. The van der Waals surface area contributed by atoms with Crippen molar-refractivity contribution in [2.24, 2.45) is 5.92 Å². The van der Waals surface area contributed by atoms with E-state index in [1.54, 1.807) is 36.4 Å². The van der Waals surface area contributed by atoms with Crippen LogP contribution in [0.5, 0.6) is 11.5 Å². The van der Waals surface area contributed by atoms with Gasteiger partial charge in [0.25, 0.3) is 10.0 Å². The molecule has 0 radical (unpaired) electrons. The van der Waals surface area contributed by atoms with Crippen molar-refractivity contribution in [1.82, 2.24) is 0 Å². The van der Waals surface area contributed by atoms with E-state index in [-0.39, 0.29) is 22.8 Å². The molecule has 1 amide bonds. The van der Waals surface area contributed by atoms with E-state index in [0.29, 0.717) is 23.6 Å². The summed E-state index contributed by atoms with van der Waals surface area (Å²) in [5, 5.41) is 0. The highest BCUT2D eigenvalue weighted by Gasteiger charge is 2.37. The maximum absolute atomic E-state index is 13.0. The smallest absolute Gasteiger partial charge is 0.261 e. The van der Waals surface area contributed by atoms with Crippen LogP contribution in [0.15, 0.2) is 41.3 Å². The van der Waals surface area contributed by atoms with Crippen LogP contribution in [0.3, 0.4) is 0 Å². The first-order valence-corrected chi connectivity index (χ1v) is 11.5. The fourth-order valence-electron chi connectivity index (χ4n) is 4.08. The molecule has 0 bridgehead atoms. The lowest BCUT2D eigenvalue weighted by Gasteiger charge is -2.32. The van der Waals surface area contributed by atoms with Crippen LogP contribution >= 0.6 is 0 Å². The molecule has 0 saturated heterocycles. The van der Waals surface area contributed by atoms with Crippen molar-refractivity contribution in [3.63, 3.8) is 0 Å². The van der Waals surface area contributed by atoms with Crippen LogP contribution in [-0.2, 0) is 21.2 Å². The average molecular weight is 431 g/mol. The van der Waals surface area contributed by atoms with Crippen LogP contribution < -0.4 is 19.1 Å². The van der Waals surface area contributed by atoms with Gasteiger partial charge in [0.1, 0.15) is 0 Å². The lowest BCUT2D eigenvalue weighted by Crippen LogP contribution is -2.42. The van der Waals surface area contributed by atoms with Crippen LogP contribution in [0.4, 0.5) is 11.4 Å². The third-order valence-corrected chi connectivity index (χ3v) is 7.28. The summed E-state index contributed by atoms with van der Waals surface area (Å²) in [4.78, 5) is 14.8. The molecule has 1 aliphatic carbocycles. The number of benzene rings is 2. The van der Waals surface area contributed by atoms with Crippen molar-refractivity contribution < 1.29 is 22.7 Å². The second kappa shape index (κ2) is 7.83. The summed E-state index contributed by atoms with van der Waals surface area (Å²) in [6.45, 7) is 2.01. The monoisotopic (exact) mass is 430 g/mol. The Kier molecular flexibility index (Phi) is 5.36. The van der Waals surface area contributed by atoms with Crippen LogP contribution in [0.25, 0.3) is 0 Å². The Morgan fingerprint density at radius 3 is 2.43 bits per heavy atom. The molecule has 1 heterocycles. The molecule has 160 valence electrons. The SMILES string of the molecule is COc1ccc(NS(=O)(=O)c2ccc3c(c2)C[C@@H](C)N3C(=O)C2CCC2)cc1OC. The standard InChI is InChI=1S/C22H26N2O5S/c1-14-11-16-12-18(8-9-19(16)24(14)22(25)15-5-4-6-15)30(26,27)23-17-7-10-20(28-2)21(13-17)29-3/h7-10,12-15,23H,4-6,11H2,1-3H3/t14-/m1/s1. The molecule has 2 aromatic carbocycles. The lowest BCUT2D eigenvalue weighted by atomic mass is 9.84. The summed E-state index contributed by atoms with van der Waals surface area (Å²) in [6, 6.07) is 9.84. The topological polar surface area (TPSA) is 84.9 Å². The summed E-state index contributed by atoms with van der Waals surface area (Å²) >= 11 is 0. The molecule has 1 saturated carbocycles. The number of sulfonamides is 1. The number of carbonyl (C=O) groups is 1. The number of rotatable bonds is 6. The van der Waals surface area contributed by atoms with E-state index in [1.165, 1.54) is 14.2 Å². The third-order valence-electron chi connectivity index (χ3n) is 5.90. The zero-order chi connectivity index (χ0) is 21.5. The zero-order valence-electron chi connectivity index (χ0n) is 17.3. The highest BCUT2D eigenvalue weighted by Crippen LogP contribution is 2.38. The van der Waals surface area contributed by atoms with Gasteiger partial charge < -0.3 is 14.4 Å². The number of amides is 1. The first kappa shape index (κ1) is 20.5. The summed E-state index contributed by atoms with van der Waals surface area (Å²) in [7, 11) is -0.780. The first-order chi connectivity index (χ1) is 14.3. The number of hydrogen-bond donors (Lipinski definition) is 1. The molecular formula is C22H26N2O5S. The minimum atomic E-state index is -3.79. The van der Waals surface area contributed by atoms with Crippen LogP contribution in [0.1, 0.15) is 31.7 Å². The Morgan fingerprint density at radius 2 is 1.80 bits per heavy atom. The quantitative estimate of drug-likeness (QED) is 0.757. The number of carbonyl (C=O) groups excluding carboxylic acids is 1. The molecule has 1 fully saturated rings. The maximum atomic E-state index is 13.0. The number of nitrogens with zero attached hydrogens (tertiary/aromatic N) is 1. The van der Waals surface area contributed by atoms with Gasteiger partial charge in [0.15, 0.2) is 11.5 Å². The molecule has 30 heavy (non-hydrogen) atoms. The fourth-order valence-corrected chi connectivity index (χ4v) is 5.18. The minimum Gasteiger partial charge on any atom is -0.493 e. The number of nitrogens with one attached hydrogen (secondary N) is 1. The molecule has 0 unspecified atom stereocenters. The Balaban J connectivity index is 1.59. The lowest BCUT2D eigenvalue weighted by molar-refractivity contribution is -0.125. The van der Waals surface area contributed by atoms with Crippen molar-refractivity contribution in [3.05, 3.63) is 42.0 Å². The summed E-state index contributed by atoms with van der Waals surface area (Å²) < 4.78 is 38.9. The summed E-state index contributed by atoms with van der Waals surface area (Å²) in [5.74, 6) is 1.22. The van der Waals surface area contributed by atoms with Gasteiger partial charge in [-0.15, -0.1) is 0 Å². The van der Waals surface area contributed by atoms with Crippen molar-refractivity contribution in [2.45, 2.75) is 43.5 Å². The van der Waals surface area contributed by atoms with E-state index >= 15 is 0 Å². The molecule has 2 aliphatic rings. The minimum absolute atomic E-state index is 0.0323. The van der Waals surface area contributed by atoms with Crippen molar-refractivity contribution in [3.8, 4) is 11.5 Å². The van der Waals surface area contributed by atoms with E-state index < -0.39 is 10.0 Å². The molecule has 2 aromatic rings. The number of ether oxygens (including phenoxy) is 2. The predicted molar refractivity (Wildman–Crippen MR) is 115 cm³/mol. The molecule has 0 aromatic heterocycles. The second-order valence-corrected chi connectivity index (χ2v) is 9.54. The zero-order valence-corrected chi connectivity index (χ0v) is 18.2. The van der Waals surface area contributed by atoms with E-state index in [4.69, 9.17) is 9.47 Å². The van der Waals surface area contributed by atoms with Gasteiger partial charge in [-0.3, -0.25) is 9.52 Å². The Bertz CT molecular complexity index is 1080. The van der Waals surface area contributed by atoms with E-state index in [1.807, 2.05) is 11.8 Å². The number of fused-ring (bicyclic) bond motifs is 1. The average Bonchev–Trinajstić information content (AvgIpc) is 3.01. The Labute approximate surface area is 177 Å². The number of methoxy groups -OCH3 is 2. The van der Waals surface area contributed by atoms with E-state index in [2.05, 4.69) is 4.72 Å². The predicted octanol–water partition coefficient (Wildman–Crippen LogP) is 3.58. The number of anilines is 2. The highest BCUT2D eigenvalue weighted by molar-refractivity contribution is 7.92. The van der Waals surface area contributed by atoms with Gasteiger partial charge in [0, 0.05) is 23.7 Å². The van der Waals surface area contributed by atoms with Gasteiger partial charge in [-0.1, -0.05) is 6.42 Å². The summed E-state index contributed by atoms with van der Waals surface area (Å²) in [6.07, 6.45) is 3.64. The largest absolute Gasteiger partial charge is 0.493 e. The first-order valence-electron chi connectivity index (χ1n) is 10.0. The molecule has 1 N–H and O–H groups in total. The molecular weight excluding hydrogens is 404 g/mol. The highest BCUT2D eigenvalue weighted by atomic mass is 32.2. The molecule has 0 spiro atoms. The van der Waals surface area contributed by atoms with Crippen molar-refractivity contribution in [1.29, 1.82) is 0 Å². The van der Waals surface area contributed by atoms with Gasteiger partial charge in [-0.2, -0.15) is 0 Å². The van der Waals surface area contributed by atoms with Gasteiger partial charge in [-0.05, 0) is 62.1 Å². The van der Waals surface area contributed by atoms with Gasteiger partial charge >= 0.3 is 0 Å². The van der Waals surface area contributed by atoms with Gasteiger partial charge in [0.2, 0.25) is 5.91 Å². The number of hydrogen-bond acceptors (Lipinski definition) is 5. The van der Waals surface area contributed by atoms with Gasteiger partial charge in [0.05, 0.1) is 24.8 Å². The van der Waals surface area contributed by atoms with Gasteiger partial charge in [-0.25, -0.2) is 8.42 Å². The Hall–Kier alpha value is -2.74. The third kappa shape index (κ3) is 3.60. The fraction of sp³-hybridized carbons (Fsp3) is 0.409. The molecule has 4 rings (SSSR count). The van der Waals surface area contributed by atoms with Crippen LogP contribution in [0.2, 0.25) is 0 Å². The molecule has 1 aliphatic heterocycles. The molecule has 8 heteroatoms. The normalized spacial score (nSPS) is 18.5. The van der Waals surface area contributed by atoms with E-state index in [9.17, 15) is 13.2 Å². The van der Waals surface area contributed by atoms with E-state index in [0.717, 1.165) is 30.5 Å². The van der Waals surface area contributed by atoms with Crippen LogP contribution in [-0.4, -0.2) is 34.6 Å². The van der Waals surface area contributed by atoms with Crippen molar-refractivity contribution in [2.75, 3.05) is 23.8 Å². The van der Waals surface area contributed by atoms with Crippen molar-refractivity contribution >= 4 is 27.3 Å². The Morgan fingerprint density at radius 1 is 1.07 bits per heavy atom. The second-order valence-electron chi connectivity index (χ2n) is 7.85. The van der Waals surface area contributed by atoms with Crippen LogP contribution in [0, 0.1) is 5.92 Å².